The number of thiophene rings is 1. The van der Waals surface area contributed by atoms with Gasteiger partial charge in [0.15, 0.2) is 22.9 Å². The lowest BCUT2D eigenvalue weighted by atomic mass is 10.1. The van der Waals surface area contributed by atoms with E-state index in [1.807, 2.05) is 60.7 Å². The van der Waals surface area contributed by atoms with Gasteiger partial charge in [-0.3, -0.25) is 19.7 Å². The molecule has 0 spiro atoms. The second-order valence-electron chi connectivity index (χ2n) is 9.73. The molecule has 0 aliphatic heterocycles. The van der Waals surface area contributed by atoms with Gasteiger partial charge in [-0.1, -0.05) is 30.3 Å². The monoisotopic (exact) mass is 570 g/mol. The van der Waals surface area contributed by atoms with Crippen molar-refractivity contribution in [3.05, 3.63) is 95.9 Å². The molecule has 10 nitrogen and oxygen atoms in total. The zero-order valence-electron chi connectivity index (χ0n) is 22.3. The molecule has 0 fully saturated rings. The number of nitrogens with zero attached hydrogens (tertiary/aromatic N) is 5. The number of amides is 1. The fourth-order valence-electron chi connectivity index (χ4n) is 4.79. The summed E-state index contributed by atoms with van der Waals surface area (Å²) in [7, 11) is 0. The van der Waals surface area contributed by atoms with Gasteiger partial charge in [0.1, 0.15) is 11.2 Å². The Bertz CT molecular complexity index is 2110. The molecule has 0 aliphatic rings. The molecule has 7 aromatic rings. The van der Waals surface area contributed by atoms with Crippen molar-refractivity contribution in [2.24, 2.45) is 0 Å². The molecule has 0 radical (unpaired) electrons. The molecule has 204 valence electrons. The predicted octanol–water partition coefficient (Wildman–Crippen LogP) is 6.07. The number of carbonyl (C=O) groups is 2. The summed E-state index contributed by atoms with van der Waals surface area (Å²) in [5.74, 6) is 0.447. The van der Waals surface area contributed by atoms with Crippen LogP contribution in [-0.4, -0.2) is 46.8 Å². The number of anilines is 1. The number of aromatic amines is 2. The Hall–Kier alpha value is -5.55. The van der Waals surface area contributed by atoms with Crippen LogP contribution in [0.2, 0.25) is 0 Å². The average molecular weight is 571 g/mol. The van der Waals surface area contributed by atoms with Crippen molar-refractivity contribution in [2.45, 2.75) is 13.3 Å². The van der Waals surface area contributed by atoms with Crippen LogP contribution >= 0.6 is 11.3 Å². The number of imidazole rings is 1. The van der Waals surface area contributed by atoms with Crippen molar-refractivity contribution in [1.29, 1.82) is 0 Å². The van der Waals surface area contributed by atoms with Crippen LogP contribution in [0.5, 0.6) is 0 Å². The molecule has 0 saturated carbocycles. The topological polar surface area (TPSA) is 142 Å². The standard InChI is InChI=1S/C31H22N8O2S/c1-17(40)24-7-8-25(42-24)22-9-10-33-30-27(22)36-31(37-30)28-23-13-20(15-34-29(23)39-38-28)19-12-21(16-32-14-19)35-26(41)11-18-5-3-2-4-6-18/h2-10,12-16H,11H2,1H3,(H,35,41)(H,33,36,37)(H,34,38,39). The van der Waals surface area contributed by atoms with E-state index in [0.717, 1.165) is 32.5 Å². The molecule has 0 saturated heterocycles. The maximum atomic E-state index is 12.6. The third-order valence-electron chi connectivity index (χ3n) is 6.81. The minimum atomic E-state index is -0.122. The van der Waals surface area contributed by atoms with E-state index in [-0.39, 0.29) is 18.1 Å². The lowest BCUT2D eigenvalue weighted by molar-refractivity contribution is -0.115. The third-order valence-corrected chi connectivity index (χ3v) is 8.03. The third kappa shape index (κ3) is 4.82. The van der Waals surface area contributed by atoms with E-state index in [4.69, 9.17) is 4.98 Å². The lowest BCUT2D eigenvalue weighted by Crippen LogP contribution is -2.14. The van der Waals surface area contributed by atoms with Crippen molar-refractivity contribution in [1.82, 2.24) is 35.1 Å². The van der Waals surface area contributed by atoms with Crippen LogP contribution in [0.25, 0.3) is 55.3 Å². The Labute approximate surface area is 242 Å². The smallest absolute Gasteiger partial charge is 0.228 e. The Kier molecular flexibility index (Phi) is 6.32. The molecule has 1 aromatic carbocycles. The van der Waals surface area contributed by atoms with E-state index in [1.54, 1.807) is 31.7 Å². The molecule has 7 rings (SSSR count). The summed E-state index contributed by atoms with van der Waals surface area (Å²) in [6.45, 7) is 1.56. The first-order valence-electron chi connectivity index (χ1n) is 13.1. The van der Waals surface area contributed by atoms with Gasteiger partial charge in [-0.2, -0.15) is 5.10 Å². The number of rotatable bonds is 7. The van der Waals surface area contributed by atoms with E-state index >= 15 is 0 Å². The van der Waals surface area contributed by atoms with Gasteiger partial charge in [0.25, 0.3) is 0 Å². The maximum absolute atomic E-state index is 12.6. The van der Waals surface area contributed by atoms with Gasteiger partial charge in [0, 0.05) is 40.2 Å². The summed E-state index contributed by atoms with van der Waals surface area (Å²) in [5, 5.41) is 11.2. The molecule has 6 heterocycles. The summed E-state index contributed by atoms with van der Waals surface area (Å²) in [4.78, 5) is 47.6. The summed E-state index contributed by atoms with van der Waals surface area (Å²) >= 11 is 1.43. The van der Waals surface area contributed by atoms with Crippen LogP contribution < -0.4 is 5.32 Å². The lowest BCUT2D eigenvalue weighted by Gasteiger charge is -2.07. The Morgan fingerprint density at radius 2 is 1.79 bits per heavy atom. The highest BCUT2D eigenvalue weighted by Gasteiger charge is 2.18. The Morgan fingerprint density at radius 1 is 0.929 bits per heavy atom. The second kappa shape index (κ2) is 10.5. The minimum absolute atomic E-state index is 0.0286. The molecule has 0 aliphatic carbocycles. The number of hydrogen-bond donors (Lipinski definition) is 3. The number of Topliss-reactive ketones (excluding diaryl/α,β-unsaturated/α-hetero) is 1. The molecule has 3 N–H and O–H groups in total. The van der Waals surface area contributed by atoms with Crippen LogP contribution in [0.4, 0.5) is 5.69 Å². The zero-order chi connectivity index (χ0) is 28.6. The summed E-state index contributed by atoms with van der Waals surface area (Å²) in [6, 6.07) is 19.1. The predicted molar refractivity (Wildman–Crippen MR) is 162 cm³/mol. The maximum Gasteiger partial charge on any atom is 0.228 e. The Balaban J connectivity index is 1.21. The van der Waals surface area contributed by atoms with Gasteiger partial charge >= 0.3 is 0 Å². The van der Waals surface area contributed by atoms with Crippen molar-refractivity contribution in [3.8, 4) is 33.1 Å². The molecule has 0 atom stereocenters. The van der Waals surface area contributed by atoms with Crippen LogP contribution in [0, 0.1) is 0 Å². The van der Waals surface area contributed by atoms with Crippen LogP contribution in [-0.2, 0) is 11.2 Å². The number of aromatic nitrogens is 7. The highest BCUT2D eigenvalue weighted by atomic mass is 32.1. The molecule has 0 unspecified atom stereocenters. The Morgan fingerprint density at radius 3 is 2.62 bits per heavy atom. The van der Waals surface area contributed by atoms with Gasteiger partial charge in [-0.15, -0.1) is 11.3 Å². The van der Waals surface area contributed by atoms with Crippen molar-refractivity contribution < 1.29 is 9.59 Å². The zero-order valence-corrected chi connectivity index (χ0v) is 23.1. The van der Waals surface area contributed by atoms with E-state index in [1.165, 1.54) is 11.3 Å². The molecule has 11 heteroatoms. The normalized spacial score (nSPS) is 11.3. The number of ketones is 1. The van der Waals surface area contributed by atoms with E-state index in [9.17, 15) is 9.59 Å². The highest BCUT2D eigenvalue weighted by Crippen LogP contribution is 2.35. The quantitative estimate of drug-likeness (QED) is 0.197. The summed E-state index contributed by atoms with van der Waals surface area (Å²) in [6.07, 6.45) is 7.07. The van der Waals surface area contributed by atoms with Gasteiger partial charge < -0.3 is 10.3 Å². The first-order valence-corrected chi connectivity index (χ1v) is 13.9. The largest absolute Gasteiger partial charge is 0.324 e. The number of fused-ring (bicyclic) bond motifs is 2. The molecular formula is C31H22N8O2S. The van der Waals surface area contributed by atoms with Crippen LogP contribution in [0.15, 0.2) is 85.5 Å². The van der Waals surface area contributed by atoms with Crippen LogP contribution in [0.1, 0.15) is 22.2 Å². The highest BCUT2D eigenvalue weighted by molar-refractivity contribution is 7.17. The van der Waals surface area contributed by atoms with E-state index < -0.39 is 0 Å². The molecule has 6 aromatic heterocycles. The van der Waals surface area contributed by atoms with Crippen molar-refractivity contribution in [2.75, 3.05) is 5.32 Å². The number of benzene rings is 1. The van der Waals surface area contributed by atoms with Gasteiger partial charge in [0.05, 0.1) is 28.6 Å². The number of hydrogen-bond acceptors (Lipinski definition) is 8. The SMILES string of the molecule is CC(=O)c1ccc(-c2ccnc3[nH]c(-c4n[nH]c5ncc(-c6cncc(NC(=O)Cc7ccccc7)c6)cc45)nc23)s1. The first kappa shape index (κ1) is 25.4. The van der Waals surface area contributed by atoms with Gasteiger partial charge in [-0.25, -0.2) is 15.0 Å². The van der Waals surface area contributed by atoms with E-state index in [2.05, 4.69) is 35.5 Å². The average Bonchev–Trinajstić information content (AvgIpc) is 3.75. The van der Waals surface area contributed by atoms with Crippen molar-refractivity contribution >= 4 is 50.9 Å². The van der Waals surface area contributed by atoms with Crippen molar-refractivity contribution in [3.63, 3.8) is 0 Å². The second-order valence-corrected chi connectivity index (χ2v) is 10.8. The molecule has 1 amide bonds. The van der Waals surface area contributed by atoms with E-state index in [0.29, 0.717) is 38.9 Å². The fourth-order valence-corrected chi connectivity index (χ4v) is 5.72. The fraction of sp³-hybridized carbons (Fsp3) is 0.0645. The number of nitrogens with one attached hydrogen (secondary N) is 3. The first-order chi connectivity index (χ1) is 20.5. The van der Waals surface area contributed by atoms with Gasteiger partial charge in [-0.05, 0) is 42.8 Å². The number of pyridine rings is 3. The summed E-state index contributed by atoms with van der Waals surface area (Å²) in [5.41, 5.74) is 6.52. The summed E-state index contributed by atoms with van der Waals surface area (Å²) < 4.78 is 0. The minimum Gasteiger partial charge on any atom is -0.324 e. The molecular weight excluding hydrogens is 548 g/mol. The van der Waals surface area contributed by atoms with Gasteiger partial charge in [0.2, 0.25) is 5.91 Å². The molecule has 42 heavy (non-hydrogen) atoms. The molecule has 0 bridgehead atoms. The van der Waals surface area contributed by atoms with Crippen LogP contribution in [0.3, 0.4) is 0 Å². The number of H-pyrrole nitrogens is 2. The number of carbonyl (C=O) groups excluding carboxylic acids is 2.